The van der Waals surface area contributed by atoms with Crippen molar-refractivity contribution in [1.82, 2.24) is 14.9 Å². The zero-order valence-corrected chi connectivity index (χ0v) is 24.6. The highest BCUT2D eigenvalue weighted by Crippen LogP contribution is 2.36. The van der Waals surface area contributed by atoms with Gasteiger partial charge >= 0.3 is 6.18 Å². The first-order valence-corrected chi connectivity index (χ1v) is 14.3. The van der Waals surface area contributed by atoms with Crippen LogP contribution in [0, 0.1) is 0 Å². The molecule has 1 atom stereocenters. The van der Waals surface area contributed by atoms with E-state index in [-0.39, 0.29) is 5.95 Å². The molecule has 1 saturated heterocycles. The molecule has 1 aromatic heterocycles. The van der Waals surface area contributed by atoms with Gasteiger partial charge in [-0.05, 0) is 48.2 Å². The number of methoxy groups -OCH3 is 2. The van der Waals surface area contributed by atoms with Crippen molar-refractivity contribution in [2.75, 3.05) is 75.7 Å². The quantitative estimate of drug-likeness (QED) is 0.308. The van der Waals surface area contributed by atoms with Gasteiger partial charge in [-0.3, -0.25) is 4.90 Å². The molecule has 1 fully saturated rings. The van der Waals surface area contributed by atoms with E-state index in [1.165, 1.54) is 13.3 Å². The zero-order valence-electron chi connectivity index (χ0n) is 23.9. The number of hydrogen-bond donors (Lipinski definition) is 3. The van der Waals surface area contributed by atoms with Crippen LogP contribution in [0.15, 0.2) is 36.5 Å². The van der Waals surface area contributed by atoms with Crippen LogP contribution in [0.1, 0.15) is 11.1 Å². The number of nitrogens with one attached hydrogen (secondary N) is 2. The Hall–Kier alpha value is -3.52. The average molecular weight is 623 g/mol. The molecule has 0 aliphatic carbocycles. The second-order valence-electron chi connectivity index (χ2n) is 10.3. The van der Waals surface area contributed by atoms with Crippen molar-refractivity contribution in [3.63, 3.8) is 0 Å². The number of β-amino-alcohol motifs (C(OH)–C–C–N with tert-alkyl or cyclic N) is 1. The summed E-state index contributed by atoms with van der Waals surface area (Å²) < 4.78 is 55.4. The Labute approximate surface area is 252 Å². The van der Waals surface area contributed by atoms with E-state index in [4.69, 9.17) is 25.8 Å². The molecule has 14 heteroatoms. The van der Waals surface area contributed by atoms with Crippen LogP contribution in [0.5, 0.6) is 11.5 Å². The van der Waals surface area contributed by atoms with Crippen LogP contribution in [0.2, 0.25) is 5.02 Å². The van der Waals surface area contributed by atoms with Crippen LogP contribution in [-0.2, 0) is 17.6 Å². The summed E-state index contributed by atoms with van der Waals surface area (Å²) in [5.41, 5.74) is 4.24. The monoisotopic (exact) mass is 622 g/mol. The molecule has 2 aromatic carbocycles. The van der Waals surface area contributed by atoms with Gasteiger partial charge < -0.3 is 34.9 Å². The first kappa shape index (κ1) is 30.9. The zero-order chi connectivity index (χ0) is 30.6. The van der Waals surface area contributed by atoms with Gasteiger partial charge in [0.2, 0.25) is 5.95 Å². The molecule has 5 rings (SSSR count). The van der Waals surface area contributed by atoms with E-state index in [1.807, 2.05) is 30.3 Å². The fourth-order valence-electron chi connectivity index (χ4n) is 5.16. The number of hydrogen-bond acceptors (Lipinski definition) is 10. The number of aromatic nitrogens is 2. The molecule has 3 heterocycles. The summed E-state index contributed by atoms with van der Waals surface area (Å²) in [6, 6.07) is 9.62. The average Bonchev–Trinajstić information content (AvgIpc) is 3.20. The summed E-state index contributed by atoms with van der Waals surface area (Å²) in [5, 5.41) is 16.3. The molecule has 0 bridgehead atoms. The number of fused-ring (bicyclic) bond motifs is 1. The van der Waals surface area contributed by atoms with Gasteiger partial charge in [-0.1, -0.05) is 11.6 Å². The number of aliphatic hydroxyl groups excluding tert-OH is 1. The molecular weight excluding hydrogens is 589 g/mol. The Morgan fingerprint density at radius 3 is 2.33 bits per heavy atom. The lowest BCUT2D eigenvalue weighted by atomic mass is 10.0. The fraction of sp³-hybridized carbons (Fsp3) is 0.448. The van der Waals surface area contributed by atoms with Gasteiger partial charge in [0.25, 0.3) is 0 Å². The molecule has 0 saturated carbocycles. The second kappa shape index (κ2) is 13.4. The van der Waals surface area contributed by atoms with Crippen molar-refractivity contribution in [3.8, 4) is 11.5 Å². The number of aliphatic hydroxyl groups is 1. The number of morpholine rings is 1. The Kier molecular flexibility index (Phi) is 9.65. The van der Waals surface area contributed by atoms with E-state index >= 15 is 0 Å². The van der Waals surface area contributed by atoms with Gasteiger partial charge in [0.05, 0.1) is 45.0 Å². The Morgan fingerprint density at radius 1 is 0.977 bits per heavy atom. The lowest BCUT2D eigenvalue weighted by molar-refractivity contribution is -0.208. The molecular formula is C29H34ClF3N6O4. The molecule has 10 nitrogen and oxygen atoms in total. The largest absolute Gasteiger partial charge is 0.495 e. The highest BCUT2D eigenvalue weighted by Gasteiger charge is 2.39. The van der Waals surface area contributed by atoms with Crippen molar-refractivity contribution >= 4 is 40.4 Å². The molecule has 0 radical (unpaired) electrons. The van der Waals surface area contributed by atoms with Crippen molar-refractivity contribution in [1.29, 1.82) is 0 Å². The molecule has 2 aliphatic rings. The minimum absolute atomic E-state index is 0.262. The third-order valence-electron chi connectivity index (χ3n) is 7.53. The summed E-state index contributed by atoms with van der Waals surface area (Å²) in [5.74, 6) is 1.79. The predicted octanol–water partition coefficient (Wildman–Crippen LogP) is 4.79. The van der Waals surface area contributed by atoms with Crippen LogP contribution in [-0.4, -0.2) is 92.4 Å². The van der Waals surface area contributed by atoms with E-state index in [9.17, 15) is 18.3 Å². The molecule has 2 aliphatic heterocycles. The Bertz CT molecular complexity index is 1420. The van der Waals surface area contributed by atoms with Crippen LogP contribution >= 0.6 is 11.6 Å². The molecule has 3 N–H and O–H groups in total. The Balaban J connectivity index is 1.32. The fourth-order valence-corrected chi connectivity index (χ4v) is 5.30. The highest BCUT2D eigenvalue weighted by molar-refractivity contribution is 6.33. The lowest BCUT2D eigenvalue weighted by Crippen LogP contribution is -2.41. The molecule has 0 spiro atoms. The second-order valence-corrected chi connectivity index (χ2v) is 10.7. The molecule has 232 valence electrons. The summed E-state index contributed by atoms with van der Waals surface area (Å²) >= 11 is 6.45. The van der Waals surface area contributed by atoms with Gasteiger partial charge in [0.15, 0.2) is 11.9 Å². The van der Waals surface area contributed by atoms with Crippen molar-refractivity contribution in [2.45, 2.75) is 25.1 Å². The van der Waals surface area contributed by atoms with Gasteiger partial charge in [0, 0.05) is 44.5 Å². The van der Waals surface area contributed by atoms with E-state index in [2.05, 4.69) is 25.5 Å². The van der Waals surface area contributed by atoms with Gasteiger partial charge in [-0.2, -0.15) is 18.2 Å². The normalized spacial score (nSPS) is 16.7. The first-order valence-electron chi connectivity index (χ1n) is 13.9. The van der Waals surface area contributed by atoms with Gasteiger partial charge in [-0.25, -0.2) is 4.98 Å². The number of benzene rings is 2. The van der Waals surface area contributed by atoms with E-state index in [0.29, 0.717) is 72.9 Å². The van der Waals surface area contributed by atoms with Gasteiger partial charge in [0.1, 0.15) is 16.5 Å². The minimum atomic E-state index is -4.65. The SMILES string of the molecule is COc1cc2c(cc1Nc1ncc(Cl)c(Nc3ccc(N4CCOCC4)cc3OC)n1)CCN(CC(O)C(F)(F)F)CC2. The molecule has 43 heavy (non-hydrogen) atoms. The van der Waals surface area contributed by atoms with Crippen LogP contribution in [0.4, 0.5) is 42.0 Å². The van der Waals surface area contributed by atoms with E-state index < -0.39 is 18.8 Å². The lowest BCUT2D eigenvalue weighted by Gasteiger charge is -2.29. The predicted molar refractivity (Wildman–Crippen MR) is 159 cm³/mol. The summed E-state index contributed by atoms with van der Waals surface area (Å²) in [6.07, 6.45) is -4.52. The van der Waals surface area contributed by atoms with Crippen molar-refractivity contribution < 1.29 is 32.5 Å². The summed E-state index contributed by atoms with van der Waals surface area (Å²) in [7, 11) is 3.14. The van der Waals surface area contributed by atoms with E-state index in [0.717, 1.165) is 29.9 Å². The summed E-state index contributed by atoms with van der Waals surface area (Å²) in [6.45, 7) is 3.26. The number of nitrogens with zero attached hydrogens (tertiary/aromatic N) is 4. The third kappa shape index (κ3) is 7.53. The van der Waals surface area contributed by atoms with Crippen LogP contribution < -0.4 is 25.0 Å². The maximum Gasteiger partial charge on any atom is 0.415 e. The standard InChI is InChI=1S/C29H34ClF3N6O4/c1-41-24-14-19-6-8-38(17-26(40)29(31,32)33)7-5-18(19)13-23(24)36-28-34-16-21(30)27(37-28)35-22-4-3-20(15-25(22)42-2)39-9-11-43-12-10-39/h3-4,13-16,26,40H,5-12,17H2,1-2H3,(H2,34,35,36,37). The number of anilines is 5. The van der Waals surface area contributed by atoms with Gasteiger partial charge in [-0.15, -0.1) is 0 Å². The minimum Gasteiger partial charge on any atom is -0.495 e. The maximum atomic E-state index is 12.9. The number of alkyl halides is 3. The smallest absolute Gasteiger partial charge is 0.415 e. The molecule has 0 amide bonds. The topological polar surface area (TPSA) is 104 Å². The molecule has 3 aromatic rings. The highest BCUT2D eigenvalue weighted by atomic mass is 35.5. The van der Waals surface area contributed by atoms with Crippen molar-refractivity contribution in [2.24, 2.45) is 0 Å². The first-order chi connectivity index (χ1) is 20.6. The Morgan fingerprint density at radius 2 is 1.65 bits per heavy atom. The molecule has 1 unspecified atom stereocenters. The van der Waals surface area contributed by atoms with Crippen LogP contribution in [0.25, 0.3) is 0 Å². The number of halogens is 4. The maximum absolute atomic E-state index is 12.9. The van der Waals surface area contributed by atoms with Crippen molar-refractivity contribution in [3.05, 3.63) is 52.7 Å². The number of ether oxygens (including phenoxy) is 3. The summed E-state index contributed by atoms with van der Waals surface area (Å²) in [4.78, 5) is 12.8. The number of rotatable bonds is 9. The van der Waals surface area contributed by atoms with Crippen LogP contribution in [0.3, 0.4) is 0 Å². The third-order valence-corrected chi connectivity index (χ3v) is 7.81. The van der Waals surface area contributed by atoms with E-state index in [1.54, 1.807) is 12.0 Å².